The topological polar surface area (TPSA) is 57.5 Å². The second-order valence-electron chi connectivity index (χ2n) is 4.45. The van der Waals surface area contributed by atoms with Gasteiger partial charge in [0.05, 0.1) is 12.5 Å². The zero-order chi connectivity index (χ0) is 14.4. The van der Waals surface area contributed by atoms with E-state index in [0.717, 1.165) is 16.0 Å². The number of carbonyl (C=O) groups is 1. The van der Waals surface area contributed by atoms with Crippen LogP contribution in [0, 0.1) is 0 Å². The summed E-state index contributed by atoms with van der Waals surface area (Å²) in [6, 6.07) is 16.9. The molecule has 0 aliphatic heterocycles. The van der Waals surface area contributed by atoms with E-state index >= 15 is 0 Å². The molecular weight excluding hydrogens is 272 g/mol. The Kier molecular flexibility index (Phi) is 5.21. The first-order valence-electron chi connectivity index (χ1n) is 6.31. The fourth-order valence-corrected chi connectivity index (χ4v) is 2.70. The number of aliphatic hydroxyl groups is 1. The first-order chi connectivity index (χ1) is 9.65. The lowest BCUT2D eigenvalue weighted by Gasteiger charge is -2.10. The number of hydrogen-bond donors (Lipinski definition) is 2. The molecule has 0 aromatic heterocycles. The maximum Gasteiger partial charge on any atom is 0.307 e. The summed E-state index contributed by atoms with van der Waals surface area (Å²) >= 11 is 1.55. The van der Waals surface area contributed by atoms with E-state index in [0.29, 0.717) is 5.75 Å². The first kappa shape index (κ1) is 14.6. The Bertz CT molecular complexity index is 552. The van der Waals surface area contributed by atoms with Gasteiger partial charge in [-0.05, 0) is 23.3 Å². The lowest BCUT2D eigenvalue weighted by Crippen LogP contribution is -2.00. The molecule has 4 heteroatoms. The maximum absolute atomic E-state index is 10.6. The van der Waals surface area contributed by atoms with Crippen LogP contribution in [-0.4, -0.2) is 21.9 Å². The van der Waals surface area contributed by atoms with Crippen molar-refractivity contribution >= 4 is 17.7 Å². The van der Waals surface area contributed by atoms with Crippen LogP contribution < -0.4 is 0 Å². The summed E-state index contributed by atoms with van der Waals surface area (Å²) in [6.07, 6.45) is -0.461. The molecule has 0 aliphatic rings. The number of benzene rings is 2. The molecule has 2 aromatic carbocycles. The summed E-state index contributed by atoms with van der Waals surface area (Å²) in [5, 5.41) is 18.8. The number of rotatable bonds is 6. The molecule has 0 saturated carbocycles. The van der Waals surface area contributed by atoms with Crippen LogP contribution in [0.1, 0.15) is 17.2 Å². The lowest BCUT2D eigenvalue weighted by atomic mass is 10.1. The van der Waals surface area contributed by atoms with E-state index in [-0.39, 0.29) is 6.42 Å². The molecule has 1 atom stereocenters. The summed E-state index contributed by atoms with van der Waals surface area (Å²) in [7, 11) is 0. The van der Waals surface area contributed by atoms with Gasteiger partial charge in [0.25, 0.3) is 0 Å². The van der Waals surface area contributed by atoms with Crippen LogP contribution in [0.25, 0.3) is 0 Å². The zero-order valence-corrected chi connectivity index (χ0v) is 11.7. The third-order valence-electron chi connectivity index (χ3n) is 2.87. The highest BCUT2D eigenvalue weighted by molar-refractivity contribution is 7.99. The molecule has 0 fully saturated rings. The molecular formula is C16H16O3S. The molecule has 2 N–H and O–H groups in total. The van der Waals surface area contributed by atoms with Crippen molar-refractivity contribution in [1.82, 2.24) is 0 Å². The Hall–Kier alpha value is -1.78. The molecule has 0 amide bonds. The third-order valence-corrected chi connectivity index (χ3v) is 3.96. The Morgan fingerprint density at radius 1 is 1.05 bits per heavy atom. The highest BCUT2D eigenvalue weighted by Gasteiger charge is 2.07. The predicted octanol–water partition coefficient (Wildman–Crippen LogP) is 3.14. The van der Waals surface area contributed by atoms with Crippen LogP contribution in [-0.2, 0) is 11.2 Å². The Labute approximate surface area is 122 Å². The van der Waals surface area contributed by atoms with Crippen LogP contribution in [0.4, 0.5) is 0 Å². The van der Waals surface area contributed by atoms with Crippen molar-refractivity contribution in [2.75, 3.05) is 5.75 Å². The van der Waals surface area contributed by atoms with Crippen LogP contribution in [0.3, 0.4) is 0 Å². The van der Waals surface area contributed by atoms with Gasteiger partial charge < -0.3 is 10.2 Å². The third kappa shape index (κ3) is 4.40. The average molecular weight is 288 g/mol. The molecule has 3 nitrogen and oxygen atoms in total. The van der Waals surface area contributed by atoms with Gasteiger partial charge in [0.15, 0.2) is 0 Å². The minimum atomic E-state index is -0.829. The van der Waals surface area contributed by atoms with E-state index in [4.69, 9.17) is 5.11 Å². The minimum Gasteiger partial charge on any atom is -0.481 e. The molecule has 2 aromatic rings. The smallest absolute Gasteiger partial charge is 0.307 e. The van der Waals surface area contributed by atoms with E-state index in [1.807, 2.05) is 54.6 Å². The molecule has 0 saturated heterocycles. The fourth-order valence-electron chi connectivity index (χ4n) is 1.82. The van der Waals surface area contributed by atoms with Crippen LogP contribution >= 0.6 is 11.8 Å². The van der Waals surface area contributed by atoms with E-state index < -0.39 is 12.1 Å². The largest absolute Gasteiger partial charge is 0.481 e. The average Bonchev–Trinajstić information content (AvgIpc) is 2.46. The number of carboxylic acids is 1. The van der Waals surface area contributed by atoms with Crippen LogP contribution in [0.5, 0.6) is 0 Å². The maximum atomic E-state index is 10.6. The number of aliphatic hydroxyl groups excluding tert-OH is 1. The van der Waals surface area contributed by atoms with Gasteiger partial charge in [-0.2, -0.15) is 0 Å². The van der Waals surface area contributed by atoms with Crippen LogP contribution in [0.15, 0.2) is 59.5 Å². The summed E-state index contributed by atoms with van der Waals surface area (Å²) in [4.78, 5) is 11.6. The van der Waals surface area contributed by atoms with Crippen molar-refractivity contribution in [3.63, 3.8) is 0 Å². The number of aliphatic carboxylic acids is 1. The number of hydrogen-bond acceptors (Lipinski definition) is 3. The standard InChI is InChI=1S/C16H16O3S/c17-15(13-4-2-1-3-5-13)11-20-14-8-6-12(7-9-14)10-16(18)19/h1-9,15,17H,10-11H2,(H,18,19). The molecule has 0 spiro atoms. The second-order valence-corrected chi connectivity index (χ2v) is 5.55. The summed E-state index contributed by atoms with van der Waals surface area (Å²) in [5.74, 6) is -0.257. The number of thioether (sulfide) groups is 1. The van der Waals surface area contributed by atoms with Gasteiger partial charge in [0.1, 0.15) is 0 Å². The molecule has 1 unspecified atom stereocenters. The molecule has 0 radical (unpaired) electrons. The molecule has 0 heterocycles. The van der Waals surface area contributed by atoms with E-state index in [2.05, 4.69) is 0 Å². The summed E-state index contributed by atoms with van der Waals surface area (Å²) < 4.78 is 0. The van der Waals surface area contributed by atoms with E-state index in [1.54, 1.807) is 11.8 Å². The van der Waals surface area contributed by atoms with Gasteiger partial charge in [-0.1, -0.05) is 42.5 Å². The predicted molar refractivity (Wildman–Crippen MR) is 79.9 cm³/mol. The Morgan fingerprint density at radius 3 is 2.30 bits per heavy atom. The van der Waals surface area contributed by atoms with Crippen LogP contribution in [0.2, 0.25) is 0 Å². The highest BCUT2D eigenvalue weighted by Crippen LogP contribution is 2.24. The lowest BCUT2D eigenvalue weighted by molar-refractivity contribution is -0.136. The quantitative estimate of drug-likeness (QED) is 0.802. The molecule has 104 valence electrons. The Balaban J connectivity index is 1.89. The fraction of sp³-hybridized carbons (Fsp3) is 0.188. The SMILES string of the molecule is O=C(O)Cc1ccc(SCC(O)c2ccccc2)cc1. The van der Waals surface area contributed by atoms with E-state index in [1.165, 1.54) is 0 Å². The zero-order valence-electron chi connectivity index (χ0n) is 10.9. The minimum absolute atomic E-state index is 0.0393. The number of carboxylic acid groups (broad SMARTS) is 1. The van der Waals surface area contributed by atoms with Crippen molar-refractivity contribution in [3.8, 4) is 0 Å². The first-order valence-corrected chi connectivity index (χ1v) is 7.30. The normalized spacial score (nSPS) is 12.1. The molecule has 20 heavy (non-hydrogen) atoms. The van der Waals surface area contributed by atoms with Gasteiger partial charge in [-0.25, -0.2) is 0 Å². The molecule has 0 aliphatic carbocycles. The summed E-state index contributed by atoms with van der Waals surface area (Å²) in [5.41, 5.74) is 1.69. The molecule has 0 bridgehead atoms. The summed E-state index contributed by atoms with van der Waals surface area (Å²) in [6.45, 7) is 0. The van der Waals surface area contributed by atoms with Gasteiger partial charge in [-0.15, -0.1) is 11.8 Å². The van der Waals surface area contributed by atoms with Gasteiger partial charge in [-0.3, -0.25) is 4.79 Å². The van der Waals surface area contributed by atoms with Gasteiger partial charge >= 0.3 is 5.97 Å². The van der Waals surface area contributed by atoms with Crippen molar-refractivity contribution in [3.05, 3.63) is 65.7 Å². The monoisotopic (exact) mass is 288 g/mol. The van der Waals surface area contributed by atoms with Gasteiger partial charge in [0.2, 0.25) is 0 Å². The van der Waals surface area contributed by atoms with Gasteiger partial charge in [0, 0.05) is 10.6 Å². The second kappa shape index (κ2) is 7.12. The molecule has 2 rings (SSSR count). The Morgan fingerprint density at radius 2 is 1.70 bits per heavy atom. The van der Waals surface area contributed by atoms with Crippen molar-refractivity contribution in [2.45, 2.75) is 17.4 Å². The van der Waals surface area contributed by atoms with Crippen molar-refractivity contribution in [2.24, 2.45) is 0 Å². The highest BCUT2D eigenvalue weighted by atomic mass is 32.2. The van der Waals surface area contributed by atoms with Crippen molar-refractivity contribution < 1.29 is 15.0 Å². The van der Waals surface area contributed by atoms with E-state index in [9.17, 15) is 9.90 Å². The van der Waals surface area contributed by atoms with Crippen molar-refractivity contribution in [1.29, 1.82) is 0 Å².